The van der Waals surface area contributed by atoms with Gasteiger partial charge in [0.15, 0.2) is 0 Å². The molecule has 0 spiro atoms. The highest BCUT2D eigenvalue weighted by Crippen LogP contribution is 2.40. The van der Waals surface area contributed by atoms with Crippen molar-refractivity contribution < 1.29 is 19.7 Å². The van der Waals surface area contributed by atoms with Crippen LogP contribution in [0.1, 0.15) is 34.6 Å². The Morgan fingerprint density at radius 1 is 1.00 bits per heavy atom. The minimum atomic E-state index is -1.14. The molecule has 0 saturated heterocycles. The van der Waals surface area contributed by atoms with Gasteiger partial charge in [0.25, 0.3) is 0 Å². The van der Waals surface area contributed by atoms with Crippen molar-refractivity contribution in [3.05, 3.63) is 0 Å². The maximum absolute atomic E-state index is 10.1. The summed E-state index contributed by atoms with van der Waals surface area (Å²) >= 11 is 0. The van der Waals surface area contributed by atoms with Crippen LogP contribution in [0.3, 0.4) is 0 Å². The van der Waals surface area contributed by atoms with Crippen molar-refractivity contribution in [2.24, 2.45) is 0 Å². The zero-order valence-electron chi connectivity index (χ0n) is 10.8. The van der Waals surface area contributed by atoms with Gasteiger partial charge < -0.3 is 19.7 Å². The van der Waals surface area contributed by atoms with Crippen LogP contribution in [0.25, 0.3) is 0 Å². The SMILES string of the molecule is COC(C)(C(C)(C)O)[C@](C)(OC)C(C)O. The molecular weight excluding hydrogens is 196 g/mol. The third-order valence-corrected chi connectivity index (χ3v) is 3.74. The lowest BCUT2D eigenvalue weighted by molar-refractivity contribution is -0.267. The first-order chi connectivity index (χ1) is 6.56. The van der Waals surface area contributed by atoms with Crippen LogP contribution in [0.2, 0.25) is 0 Å². The molecule has 2 N–H and O–H groups in total. The molecule has 0 rings (SSSR count). The quantitative estimate of drug-likeness (QED) is 0.724. The van der Waals surface area contributed by atoms with Crippen LogP contribution in [0, 0.1) is 0 Å². The Balaban J connectivity index is 5.44. The van der Waals surface area contributed by atoms with Crippen molar-refractivity contribution in [2.45, 2.75) is 57.5 Å². The number of methoxy groups -OCH3 is 2. The summed E-state index contributed by atoms with van der Waals surface area (Å²) in [5.41, 5.74) is -3.13. The molecule has 4 heteroatoms. The van der Waals surface area contributed by atoms with Gasteiger partial charge in [0, 0.05) is 14.2 Å². The van der Waals surface area contributed by atoms with Crippen LogP contribution in [-0.2, 0) is 9.47 Å². The van der Waals surface area contributed by atoms with E-state index in [1.165, 1.54) is 14.2 Å². The predicted octanol–water partition coefficient (Wildman–Crippen LogP) is 0.948. The Kier molecular flexibility index (Phi) is 4.33. The van der Waals surface area contributed by atoms with E-state index in [0.717, 1.165) is 0 Å². The summed E-state index contributed by atoms with van der Waals surface area (Å²) in [7, 11) is 2.99. The van der Waals surface area contributed by atoms with Crippen molar-refractivity contribution in [2.75, 3.05) is 14.2 Å². The molecule has 0 aliphatic rings. The first kappa shape index (κ1) is 14.8. The van der Waals surface area contributed by atoms with Crippen LogP contribution in [0.4, 0.5) is 0 Å². The maximum Gasteiger partial charge on any atom is 0.124 e. The van der Waals surface area contributed by atoms with Crippen molar-refractivity contribution in [1.29, 1.82) is 0 Å². The minimum absolute atomic E-state index is 0.765. The lowest BCUT2D eigenvalue weighted by Gasteiger charge is -2.52. The molecule has 0 heterocycles. The zero-order valence-corrected chi connectivity index (χ0v) is 10.8. The number of ether oxygens (including phenoxy) is 2. The second-order valence-electron chi connectivity index (χ2n) is 4.78. The van der Waals surface area contributed by atoms with E-state index in [0.29, 0.717) is 0 Å². The van der Waals surface area contributed by atoms with Crippen LogP contribution in [-0.4, -0.2) is 47.3 Å². The highest BCUT2D eigenvalue weighted by atomic mass is 16.6. The second-order valence-corrected chi connectivity index (χ2v) is 4.78. The number of hydrogen-bond donors (Lipinski definition) is 2. The van der Waals surface area contributed by atoms with Gasteiger partial charge in [0.1, 0.15) is 11.2 Å². The Bertz CT molecular complexity index is 209. The summed E-state index contributed by atoms with van der Waals surface area (Å²) in [6, 6.07) is 0. The van der Waals surface area contributed by atoms with Gasteiger partial charge >= 0.3 is 0 Å². The summed E-state index contributed by atoms with van der Waals surface area (Å²) < 4.78 is 10.7. The van der Waals surface area contributed by atoms with E-state index in [2.05, 4.69) is 0 Å². The molecule has 0 aliphatic heterocycles. The molecule has 0 amide bonds. The van der Waals surface area contributed by atoms with Crippen LogP contribution >= 0.6 is 0 Å². The molecule has 3 atom stereocenters. The topological polar surface area (TPSA) is 58.9 Å². The van der Waals surface area contributed by atoms with Crippen LogP contribution < -0.4 is 0 Å². The average molecular weight is 220 g/mol. The first-order valence-electron chi connectivity index (χ1n) is 5.07. The summed E-state index contributed by atoms with van der Waals surface area (Å²) in [6.07, 6.45) is -0.765. The molecule has 0 bridgehead atoms. The van der Waals surface area contributed by atoms with Gasteiger partial charge in [-0.25, -0.2) is 0 Å². The average Bonchev–Trinajstić information content (AvgIpc) is 2.12. The molecule has 0 aliphatic carbocycles. The lowest BCUT2D eigenvalue weighted by atomic mass is 9.71. The van der Waals surface area contributed by atoms with E-state index >= 15 is 0 Å². The Morgan fingerprint density at radius 2 is 1.40 bits per heavy atom. The third-order valence-electron chi connectivity index (χ3n) is 3.74. The molecule has 2 unspecified atom stereocenters. The van der Waals surface area contributed by atoms with Gasteiger partial charge in [0.05, 0.1) is 11.7 Å². The zero-order chi connectivity index (χ0) is 12.5. The van der Waals surface area contributed by atoms with Gasteiger partial charge in [-0.05, 0) is 34.6 Å². The second kappa shape index (κ2) is 4.37. The fourth-order valence-electron chi connectivity index (χ4n) is 1.82. The van der Waals surface area contributed by atoms with E-state index < -0.39 is 22.9 Å². The van der Waals surface area contributed by atoms with Gasteiger partial charge in [-0.3, -0.25) is 0 Å². The Labute approximate surface area is 92.2 Å². The van der Waals surface area contributed by atoms with Gasteiger partial charge in [-0.1, -0.05) is 0 Å². The Morgan fingerprint density at radius 3 is 1.47 bits per heavy atom. The summed E-state index contributed by atoms with van der Waals surface area (Å²) in [5, 5.41) is 19.9. The normalized spacial score (nSPS) is 23.0. The number of aliphatic hydroxyl groups is 2. The van der Waals surface area contributed by atoms with Crippen LogP contribution in [0.15, 0.2) is 0 Å². The van der Waals surface area contributed by atoms with E-state index in [1.54, 1.807) is 34.6 Å². The van der Waals surface area contributed by atoms with Crippen molar-refractivity contribution in [3.8, 4) is 0 Å². The maximum atomic E-state index is 10.1. The minimum Gasteiger partial charge on any atom is -0.390 e. The first-order valence-corrected chi connectivity index (χ1v) is 5.07. The smallest absolute Gasteiger partial charge is 0.124 e. The number of aliphatic hydroxyl groups excluding tert-OH is 1. The molecule has 0 radical (unpaired) electrons. The standard InChI is InChI=1S/C11H24O4/c1-8(12)10(4,14-6)11(5,15-7)9(2,3)13/h8,12-13H,1-7H3/t8?,10-,11?/m1/s1. The van der Waals surface area contributed by atoms with E-state index in [9.17, 15) is 10.2 Å². The molecule has 0 fully saturated rings. The van der Waals surface area contributed by atoms with Crippen molar-refractivity contribution >= 4 is 0 Å². The predicted molar refractivity (Wildman–Crippen MR) is 58.8 cm³/mol. The molecule has 4 nitrogen and oxygen atoms in total. The number of rotatable bonds is 5. The molecular formula is C11H24O4. The molecule has 0 aromatic carbocycles. The lowest BCUT2D eigenvalue weighted by Crippen LogP contribution is -2.68. The summed E-state index contributed by atoms with van der Waals surface area (Å²) in [4.78, 5) is 0. The number of hydrogen-bond acceptors (Lipinski definition) is 4. The fourth-order valence-corrected chi connectivity index (χ4v) is 1.82. The van der Waals surface area contributed by atoms with Crippen molar-refractivity contribution in [3.63, 3.8) is 0 Å². The van der Waals surface area contributed by atoms with Gasteiger partial charge in [-0.2, -0.15) is 0 Å². The third kappa shape index (κ3) is 2.18. The van der Waals surface area contributed by atoms with Crippen LogP contribution in [0.5, 0.6) is 0 Å². The van der Waals surface area contributed by atoms with E-state index in [-0.39, 0.29) is 0 Å². The molecule has 0 aromatic rings. The molecule has 0 aromatic heterocycles. The molecule has 92 valence electrons. The summed E-state index contributed by atoms with van der Waals surface area (Å²) in [5.74, 6) is 0. The van der Waals surface area contributed by atoms with Gasteiger partial charge in [-0.15, -0.1) is 0 Å². The molecule has 0 saturated carbocycles. The summed E-state index contributed by atoms with van der Waals surface area (Å²) in [6.45, 7) is 8.33. The van der Waals surface area contributed by atoms with E-state index in [4.69, 9.17) is 9.47 Å². The molecule has 15 heavy (non-hydrogen) atoms. The van der Waals surface area contributed by atoms with E-state index in [1.807, 2.05) is 0 Å². The monoisotopic (exact) mass is 220 g/mol. The van der Waals surface area contributed by atoms with Crippen molar-refractivity contribution in [1.82, 2.24) is 0 Å². The van der Waals surface area contributed by atoms with Gasteiger partial charge in [0.2, 0.25) is 0 Å². The Hall–Kier alpha value is -0.160. The highest BCUT2D eigenvalue weighted by Gasteiger charge is 2.57. The largest absolute Gasteiger partial charge is 0.390 e. The highest BCUT2D eigenvalue weighted by molar-refractivity contribution is 5.08. The fraction of sp³-hybridized carbons (Fsp3) is 1.00.